The molecule has 2 N–H and O–H groups in total. The molecule has 2 nitrogen and oxygen atoms in total. The largest absolute Gasteiger partial charge is 0.378 e. The van der Waals surface area contributed by atoms with Gasteiger partial charge in [-0.15, -0.1) is 0 Å². The van der Waals surface area contributed by atoms with Crippen molar-refractivity contribution in [3.05, 3.63) is 35.6 Å². The van der Waals surface area contributed by atoms with E-state index in [2.05, 4.69) is 0 Å². The molecule has 0 aromatic heterocycles. The Kier molecular flexibility index (Phi) is 3.91. The van der Waals surface area contributed by atoms with Crippen molar-refractivity contribution < 1.29 is 9.13 Å². The van der Waals surface area contributed by atoms with Gasteiger partial charge in [0.25, 0.3) is 0 Å². The van der Waals surface area contributed by atoms with Crippen LogP contribution in [0.5, 0.6) is 0 Å². The van der Waals surface area contributed by atoms with Gasteiger partial charge in [0.15, 0.2) is 0 Å². The molecule has 1 saturated heterocycles. The number of benzene rings is 1. The summed E-state index contributed by atoms with van der Waals surface area (Å²) in [4.78, 5) is 0. The Morgan fingerprint density at radius 1 is 1.38 bits per heavy atom. The highest BCUT2D eigenvalue weighted by Crippen LogP contribution is 2.17. The Hall–Kier alpha value is -0.930. The summed E-state index contributed by atoms with van der Waals surface area (Å²) in [5.74, 6) is -0.198. The van der Waals surface area contributed by atoms with Crippen molar-refractivity contribution in [3.63, 3.8) is 0 Å². The van der Waals surface area contributed by atoms with Crippen LogP contribution in [0, 0.1) is 5.82 Å². The van der Waals surface area contributed by atoms with Gasteiger partial charge in [0.05, 0.1) is 6.10 Å². The summed E-state index contributed by atoms with van der Waals surface area (Å²) in [5, 5.41) is 0. The molecule has 2 unspecified atom stereocenters. The zero-order valence-electron chi connectivity index (χ0n) is 9.36. The van der Waals surface area contributed by atoms with E-state index >= 15 is 0 Å². The number of rotatable bonds is 4. The molecule has 0 amide bonds. The fourth-order valence-electron chi connectivity index (χ4n) is 2.17. The van der Waals surface area contributed by atoms with Crippen LogP contribution >= 0.6 is 0 Å². The maximum atomic E-state index is 12.7. The van der Waals surface area contributed by atoms with Gasteiger partial charge in [-0.3, -0.25) is 0 Å². The maximum absolute atomic E-state index is 12.7. The Bertz CT molecular complexity index is 319. The van der Waals surface area contributed by atoms with Crippen molar-refractivity contribution >= 4 is 0 Å². The molecule has 2 rings (SSSR count). The molecule has 1 fully saturated rings. The fourth-order valence-corrected chi connectivity index (χ4v) is 2.17. The summed E-state index contributed by atoms with van der Waals surface area (Å²) in [5.41, 5.74) is 7.14. The predicted molar refractivity (Wildman–Crippen MR) is 61.7 cm³/mol. The number of nitrogens with two attached hydrogens (primary N) is 1. The van der Waals surface area contributed by atoms with Crippen LogP contribution in [0.25, 0.3) is 0 Å². The molecule has 1 aliphatic heterocycles. The lowest BCUT2D eigenvalue weighted by Crippen LogP contribution is -2.28. The molecule has 0 radical (unpaired) electrons. The van der Waals surface area contributed by atoms with Gasteiger partial charge in [-0.25, -0.2) is 4.39 Å². The first-order valence-electron chi connectivity index (χ1n) is 5.85. The van der Waals surface area contributed by atoms with Crippen LogP contribution in [0.15, 0.2) is 24.3 Å². The van der Waals surface area contributed by atoms with Gasteiger partial charge in [0.1, 0.15) is 5.82 Å². The van der Waals surface area contributed by atoms with E-state index in [9.17, 15) is 4.39 Å². The quantitative estimate of drug-likeness (QED) is 0.849. The molecule has 0 spiro atoms. The molecule has 1 aromatic carbocycles. The maximum Gasteiger partial charge on any atom is 0.123 e. The van der Waals surface area contributed by atoms with Crippen LogP contribution in [0.4, 0.5) is 4.39 Å². The lowest BCUT2D eigenvalue weighted by atomic mass is 10.0. The molecule has 0 bridgehead atoms. The molecular weight excluding hydrogens is 205 g/mol. The van der Waals surface area contributed by atoms with Crippen LogP contribution in [0.1, 0.15) is 24.8 Å². The molecular formula is C13H18FNO. The number of ether oxygens (including phenoxy) is 1. The first-order valence-corrected chi connectivity index (χ1v) is 5.85. The zero-order chi connectivity index (χ0) is 11.4. The van der Waals surface area contributed by atoms with Crippen molar-refractivity contribution in [3.8, 4) is 0 Å². The molecule has 1 aliphatic rings. The topological polar surface area (TPSA) is 35.2 Å². The molecule has 0 aliphatic carbocycles. The van der Waals surface area contributed by atoms with E-state index in [4.69, 9.17) is 10.5 Å². The second-order valence-electron chi connectivity index (χ2n) is 4.46. The Morgan fingerprint density at radius 2 is 2.12 bits per heavy atom. The minimum Gasteiger partial charge on any atom is -0.378 e. The number of hydrogen-bond donors (Lipinski definition) is 1. The normalized spacial score (nSPS) is 22.2. The van der Waals surface area contributed by atoms with Crippen LogP contribution in [-0.4, -0.2) is 18.8 Å². The zero-order valence-corrected chi connectivity index (χ0v) is 9.36. The van der Waals surface area contributed by atoms with Gasteiger partial charge in [-0.2, -0.15) is 0 Å². The van der Waals surface area contributed by atoms with Crippen LogP contribution in [0.2, 0.25) is 0 Å². The molecule has 88 valence electrons. The van der Waals surface area contributed by atoms with Crippen LogP contribution in [-0.2, 0) is 11.2 Å². The third kappa shape index (κ3) is 3.29. The van der Waals surface area contributed by atoms with Crippen molar-refractivity contribution in [2.75, 3.05) is 6.61 Å². The van der Waals surface area contributed by atoms with E-state index in [1.807, 2.05) is 0 Å². The minimum absolute atomic E-state index is 0.105. The van der Waals surface area contributed by atoms with Crippen LogP contribution < -0.4 is 5.73 Å². The second kappa shape index (κ2) is 5.41. The van der Waals surface area contributed by atoms with Crippen molar-refractivity contribution in [2.45, 2.75) is 37.8 Å². The monoisotopic (exact) mass is 223 g/mol. The minimum atomic E-state index is -0.198. The van der Waals surface area contributed by atoms with Crippen molar-refractivity contribution in [2.24, 2.45) is 5.73 Å². The van der Waals surface area contributed by atoms with Gasteiger partial charge in [0, 0.05) is 12.6 Å². The standard InChI is InChI=1S/C13H18FNO/c14-11-5-3-10(4-6-11)8-12(15)9-13-2-1-7-16-13/h3-6,12-13H,1-2,7-9,15H2. The van der Waals surface area contributed by atoms with Gasteiger partial charge in [-0.1, -0.05) is 12.1 Å². The van der Waals surface area contributed by atoms with Gasteiger partial charge in [0.2, 0.25) is 0 Å². The van der Waals surface area contributed by atoms with Crippen LogP contribution in [0.3, 0.4) is 0 Å². The molecule has 2 atom stereocenters. The first kappa shape index (κ1) is 11.6. The predicted octanol–water partition coefficient (Wildman–Crippen LogP) is 2.26. The third-order valence-electron chi connectivity index (χ3n) is 3.00. The summed E-state index contributed by atoms with van der Waals surface area (Å²) in [7, 11) is 0. The van der Waals surface area contributed by atoms with Gasteiger partial charge >= 0.3 is 0 Å². The van der Waals surface area contributed by atoms with Crippen molar-refractivity contribution in [1.82, 2.24) is 0 Å². The SMILES string of the molecule is NC(Cc1ccc(F)cc1)CC1CCCO1. The smallest absolute Gasteiger partial charge is 0.123 e. The van der Waals surface area contributed by atoms with E-state index in [0.29, 0.717) is 6.10 Å². The van der Waals surface area contributed by atoms with Crippen molar-refractivity contribution in [1.29, 1.82) is 0 Å². The lowest BCUT2D eigenvalue weighted by molar-refractivity contribution is 0.0983. The summed E-state index contributed by atoms with van der Waals surface area (Å²) in [6.07, 6.45) is 4.29. The van der Waals surface area contributed by atoms with E-state index in [-0.39, 0.29) is 11.9 Å². The summed E-state index contributed by atoms with van der Waals surface area (Å²) in [6.45, 7) is 0.869. The summed E-state index contributed by atoms with van der Waals surface area (Å²) < 4.78 is 18.2. The molecule has 0 saturated carbocycles. The molecule has 16 heavy (non-hydrogen) atoms. The Labute approximate surface area is 95.6 Å². The van der Waals surface area contributed by atoms with E-state index < -0.39 is 0 Å². The molecule has 1 heterocycles. The Morgan fingerprint density at radius 3 is 2.75 bits per heavy atom. The summed E-state index contributed by atoms with van der Waals surface area (Å²) in [6, 6.07) is 6.66. The first-order chi connectivity index (χ1) is 7.74. The average molecular weight is 223 g/mol. The summed E-state index contributed by atoms with van der Waals surface area (Å²) >= 11 is 0. The Balaban J connectivity index is 1.81. The number of halogens is 1. The third-order valence-corrected chi connectivity index (χ3v) is 3.00. The highest BCUT2D eigenvalue weighted by Gasteiger charge is 2.18. The van der Waals surface area contributed by atoms with Gasteiger partial charge in [-0.05, 0) is 43.4 Å². The average Bonchev–Trinajstić information content (AvgIpc) is 2.74. The molecule has 3 heteroatoms. The fraction of sp³-hybridized carbons (Fsp3) is 0.538. The van der Waals surface area contributed by atoms with E-state index in [1.165, 1.54) is 12.1 Å². The highest BCUT2D eigenvalue weighted by molar-refractivity contribution is 5.17. The molecule has 1 aromatic rings. The highest BCUT2D eigenvalue weighted by atomic mass is 19.1. The lowest BCUT2D eigenvalue weighted by Gasteiger charge is -2.16. The van der Waals surface area contributed by atoms with E-state index in [0.717, 1.165) is 37.9 Å². The van der Waals surface area contributed by atoms with E-state index in [1.54, 1.807) is 12.1 Å². The number of hydrogen-bond acceptors (Lipinski definition) is 2. The second-order valence-corrected chi connectivity index (χ2v) is 4.46. The van der Waals surface area contributed by atoms with Gasteiger partial charge < -0.3 is 10.5 Å².